The van der Waals surface area contributed by atoms with Crippen molar-refractivity contribution in [1.82, 2.24) is 85.1 Å². The van der Waals surface area contributed by atoms with Crippen LogP contribution in [0.4, 0.5) is 0 Å². The van der Waals surface area contributed by atoms with Gasteiger partial charge in [0.25, 0.3) is 0 Å². The molecule has 0 heterocycles. The van der Waals surface area contributed by atoms with Crippen LogP contribution < -0.4 is 114 Å². The molecule has 0 aliphatic heterocycles. The fraction of sp³-hybridized carbons (Fsp3) is 0.654. The van der Waals surface area contributed by atoms with Crippen molar-refractivity contribution in [3.05, 3.63) is 29.8 Å². The van der Waals surface area contributed by atoms with E-state index in [1.165, 1.54) is 36.0 Å². The second kappa shape index (κ2) is 59.8. The highest BCUT2D eigenvalue weighted by Gasteiger charge is 2.40. The maximum absolute atomic E-state index is 14.5. The number of hydrogen-bond acceptors (Lipinski definition) is 29. The Hall–Kier alpha value is -12.2. The van der Waals surface area contributed by atoms with Crippen molar-refractivity contribution in [1.29, 1.82) is 5.41 Å². The molecule has 0 fully saturated rings. The van der Waals surface area contributed by atoms with Gasteiger partial charge in [0.15, 0.2) is 5.96 Å². The number of guanidine groups is 1. The van der Waals surface area contributed by atoms with Crippen molar-refractivity contribution in [2.24, 2.45) is 46.4 Å². The van der Waals surface area contributed by atoms with Gasteiger partial charge in [0, 0.05) is 25.8 Å². The molecule has 0 radical (unpaired) electrons. The standard InChI is InChI=1S/C78H130N22O28S/c1-36(2)27-49(68(118)86-39(7)62(112)98-55(34-102)75(125)95-52(30-41-15-17-42(105)18-16-41)71(121)94-51(29-38(5)6)70(120)97-54(32-60(110)111)73(123)91-48(77(127)128)13-10-11-24-79)92-64(114)44(14-12-25-85-78(83)84)87-74(124)56(35-103)99-72(122)53(31-58(82)107)96-69(119)50(28-37(3)4)93-66(116)46(20-22-59(108)109)89-65(115)45(19-21-57(81)106)88-67(117)47(23-26-129-9)90-76(126)61(40(8)104)100-63(113)43(80)33-101/h15-18,36-40,43-56,61,101-105H,10-14,19-35,79-80H2,1-9H3,(H2,81,106)(H2,82,107)(H,86,118)(H,87,124)(H,88,117)(H,89,115)(H,90,126)(H,91,123)(H,92,114)(H,93,116)(H,94,121)(H,95,125)(H,96,119)(H,97,120)(H,98,112)(H,99,122)(H,100,113)(H,108,109)(H,110,111)(H,127,128)(H4,83,84,85)/t39-,40+,43-,44-,45-,46-,47-,48-,49-,50-,51-,52-,53-,54-,55-,56-,61-/m0/s1. The van der Waals surface area contributed by atoms with Gasteiger partial charge in [-0.05, 0) is 138 Å². The zero-order valence-electron chi connectivity index (χ0n) is 73.5. The number of aromatic hydroxyl groups is 1. The summed E-state index contributed by atoms with van der Waals surface area (Å²) < 4.78 is 0. The number of aliphatic hydroxyl groups excluding tert-OH is 4. The number of aliphatic hydroxyl groups is 4. The maximum atomic E-state index is 14.5. The van der Waals surface area contributed by atoms with E-state index >= 15 is 0 Å². The summed E-state index contributed by atoms with van der Waals surface area (Å²) in [4.78, 5) is 271. The number of carbonyl (C=O) groups excluding carboxylic acids is 17. The normalized spacial score (nSPS) is 15.1. The molecule has 1 aromatic rings. The Balaban J connectivity index is 3.67. The van der Waals surface area contributed by atoms with Gasteiger partial charge in [0.2, 0.25) is 100 Å². The second-order valence-electron chi connectivity index (χ2n) is 31.8. The van der Waals surface area contributed by atoms with Crippen molar-refractivity contribution in [3.8, 4) is 5.75 Å². The first kappa shape index (κ1) is 115. The van der Waals surface area contributed by atoms with Gasteiger partial charge in [0.1, 0.15) is 102 Å². The van der Waals surface area contributed by atoms with Gasteiger partial charge in [-0.3, -0.25) is 96.5 Å². The van der Waals surface area contributed by atoms with Gasteiger partial charge in [-0.25, -0.2) is 4.79 Å². The minimum atomic E-state index is -2.06. The summed E-state index contributed by atoms with van der Waals surface area (Å²) >= 11 is 1.21. The van der Waals surface area contributed by atoms with Gasteiger partial charge in [-0.1, -0.05) is 53.7 Å². The molecule has 51 heteroatoms. The quantitative estimate of drug-likeness (QED) is 0.0164. The lowest BCUT2D eigenvalue weighted by atomic mass is 10.00. The molecule has 0 bridgehead atoms. The molecule has 129 heavy (non-hydrogen) atoms. The van der Waals surface area contributed by atoms with E-state index in [0.717, 1.165) is 13.8 Å². The first-order chi connectivity index (χ1) is 60.4. The van der Waals surface area contributed by atoms with Crippen LogP contribution in [0.25, 0.3) is 0 Å². The Kier molecular flexibility index (Phi) is 53.2. The lowest BCUT2D eigenvalue weighted by Crippen LogP contribution is -2.62. The summed E-state index contributed by atoms with van der Waals surface area (Å²) in [6.45, 7) is 8.78. The number of thioether (sulfide) groups is 1. The van der Waals surface area contributed by atoms with Crippen molar-refractivity contribution < 1.29 is 137 Å². The summed E-state index contributed by atoms with van der Waals surface area (Å²) in [7, 11) is 0. The molecular weight excluding hydrogens is 1730 g/mol. The largest absolute Gasteiger partial charge is 0.508 e. The van der Waals surface area contributed by atoms with Gasteiger partial charge in [-0.15, -0.1) is 0 Å². The van der Waals surface area contributed by atoms with Crippen LogP contribution in [0.3, 0.4) is 0 Å². The maximum Gasteiger partial charge on any atom is 0.326 e. The molecule has 0 aliphatic carbocycles. The van der Waals surface area contributed by atoms with Crippen molar-refractivity contribution in [2.75, 3.05) is 44.9 Å². The molecule has 0 spiro atoms. The monoisotopic (exact) mass is 1850 g/mol. The number of nitrogens with two attached hydrogens (primary N) is 5. The molecular formula is C78H130N22O28S. The number of phenols is 1. The fourth-order valence-electron chi connectivity index (χ4n) is 12.2. The Bertz CT molecular complexity index is 3980. The second-order valence-corrected chi connectivity index (χ2v) is 32.7. The van der Waals surface area contributed by atoms with E-state index in [2.05, 4.69) is 85.1 Å². The number of benzene rings is 1. The highest BCUT2D eigenvalue weighted by atomic mass is 32.2. The van der Waals surface area contributed by atoms with Gasteiger partial charge < -0.3 is 155 Å². The van der Waals surface area contributed by atoms with Crippen LogP contribution in [0.5, 0.6) is 5.75 Å². The van der Waals surface area contributed by atoms with E-state index in [-0.39, 0.29) is 76.0 Å². The number of carboxylic acids is 3. The third kappa shape index (κ3) is 45.4. The number of amides is 17. The predicted octanol–water partition coefficient (Wildman–Crippen LogP) is -10.2. The van der Waals surface area contributed by atoms with E-state index in [1.807, 2.05) is 0 Å². The van der Waals surface area contributed by atoms with E-state index in [1.54, 1.807) is 47.8 Å². The SMILES string of the molecule is CSCC[C@H](NC(=O)[C@@H](NC(=O)[C@@H](N)CO)[C@@H](C)O)C(=O)N[C@@H](CCC(N)=O)C(=O)N[C@@H](CCC(=O)O)C(=O)N[C@@H](CC(C)C)C(=O)N[C@@H](CC(N)=O)C(=O)N[C@@H](CO)C(=O)N[C@@H](CCCNC(=N)N)C(=O)N[C@@H](CC(C)C)C(=O)N[C@@H](C)C(=O)N[C@@H](CO)C(=O)N[C@@H](Cc1ccc(O)cc1)C(=O)N[C@@H](CC(C)C)C(=O)N[C@@H](CC(=O)O)C(=O)N[C@@H](CCCCN)C(=O)O. The van der Waals surface area contributed by atoms with Crippen LogP contribution in [-0.2, 0) is 102 Å². The van der Waals surface area contributed by atoms with E-state index in [4.69, 9.17) is 34.1 Å². The summed E-state index contributed by atoms with van der Waals surface area (Å²) in [5.41, 5.74) is 27.8. The van der Waals surface area contributed by atoms with Crippen LogP contribution in [-0.4, -0.2) is 313 Å². The first-order valence-electron chi connectivity index (χ1n) is 41.5. The Morgan fingerprint density at radius 1 is 0.388 bits per heavy atom. The Labute approximate surface area is 748 Å². The molecule has 1 aromatic carbocycles. The number of phenolic OH excluding ortho intramolecular Hbond substituents is 1. The summed E-state index contributed by atoms with van der Waals surface area (Å²) in [5, 5.41) is 125. The number of hydrogen-bond donors (Lipinski definition) is 30. The van der Waals surface area contributed by atoms with Crippen LogP contribution in [0, 0.1) is 23.2 Å². The zero-order chi connectivity index (χ0) is 98.2. The average Bonchev–Trinajstić information content (AvgIpc) is 0.856. The highest BCUT2D eigenvalue weighted by molar-refractivity contribution is 7.98. The van der Waals surface area contributed by atoms with Crippen LogP contribution >= 0.6 is 11.8 Å². The topological polar surface area (TPSA) is 850 Å². The number of unbranched alkanes of at least 4 members (excludes halogenated alkanes) is 1. The third-order valence-corrected chi connectivity index (χ3v) is 19.7. The summed E-state index contributed by atoms with van der Waals surface area (Å²) in [6.07, 6.45) is -5.83. The van der Waals surface area contributed by atoms with E-state index < -0.39 is 310 Å². The minimum Gasteiger partial charge on any atom is -0.508 e. The van der Waals surface area contributed by atoms with Gasteiger partial charge in [0.05, 0.1) is 38.8 Å². The van der Waals surface area contributed by atoms with Crippen molar-refractivity contribution >= 4 is 136 Å². The molecule has 0 saturated carbocycles. The molecule has 0 unspecified atom stereocenters. The summed E-state index contributed by atoms with van der Waals surface area (Å²) in [6, 6.07) is -22.6. The van der Waals surface area contributed by atoms with E-state index in [9.17, 15) is 137 Å². The molecule has 0 aromatic heterocycles. The van der Waals surface area contributed by atoms with Crippen LogP contribution in [0.2, 0.25) is 0 Å². The predicted molar refractivity (Wildman–Crippen MR) is 460 cm³/mol. The smallest absolute Gasteiger partial charge is 0.326 e. The number of primary amides is 2. The lowest BCUT2D eigenvalue weighted by Gasteiger charge is -2.28. The van der Waals surface area contributed by atoms with Crippen molar-refractivity contribution in [3.63, 3.8) is 0 Å². The average molecular weight is 1860 g/mol. The van der Waals surface area contributed by atoms with E-state index in [0.29, 0.717) is 12.0 Å². The number of nitrogens with one attached hydrogen (secondary N) is 17. The first-order valence-corrected chi connectivity index (χ1v) is 42.9. The molecule has 1 rings (SSSR count). The number of rotatable bonds is 64. The van der Waals surface area contributed by atoms with Crippen LogP contribution in [0.1, 0.15) is 157 Å². The molecule has 726 valence electrons. The number of carboxylic acid groups (broad SMARTS) is 3. The van der Waals surface area contributed by atoms with Crippen LogP contribution in [0.15, 0.2) is 24.3 Å². The molecule has 0 saturated heterocycles. The summed E-state index contributed by atoms with van der Waals surface area (Å²) in [5.74, 6) is -26.3. The number of carbonyl (C=O) groups is 20. The van der Waals surface area contributed by atoms with Gasteiger partial charge >= 0.3 is 17.9 Å². The zero-order valence-corrected chi connectivity index (χ0v) is 74.3. The molecule has 50 nitrogen and oxygen atoms in total. The molecule has 0 aliphatic rings. The highest BCUT2D eigenvalue weighted by Crippen LogP contribution is 2.17. The van der Waals surface area contributed by atoms with Gasteiger partial charge in [-0.2, -0.15) is 11.8 Å². The lowest BCUT2D eigenvalue weighted by molar-refractivity contribution is -0.144. The number of aliphatic carboxylic acids is 3. The Morgan fingerprint density at radius 2 is 0.752 bits per heavy atom. The van der Waals surface area contributed by atoms with Crippen molar-refractivity contribution in [2.45, 2.75) is 261 Å². The molecule has 17 atom stereocenters. The molecule has 17 amide bonds. The third-order valence-electron chi connectivity index (χ3n) is 19.1. The Morgan fingerprint density at radius 3 is 1.16 bits per heavy atom. The fourth-order valence-corrected chi connectivity index (χ4v) is 12.7. The minimum absolute atomic E-state index is 0.0781. The molecule has 35 N–H and O–H groups in total.